The highest BCUT2D eigenvalue weighted by Gasteiger charge is 2.54. The van der Waals surface area contributed by atoms with Crippen LogP contribution in [0.2, 0.25) is 0 Å². The Kier molecular flexibility index (Phi) is 2.80. The minimum Gasteiger partial charge on any atom is -0.396 e. The van der Waals surface area contributed by atoms with Crippen molar-refractivity contribution in [3.05, 3.63) is 35.9 Å². The Balaban J connectivity index is 1.91. The topological polar surface area (TPSA) is 49.8 Å². The fourth-order valence-electron chi connectivity index (χ4n) is 2.74. The van der Waals surface area contributed by atoms with E-state index in [1.165, 1.54) is 4.90 Å². The number of halogens is 1. The van der Waals surface area contributed by atoms with Crippen LogP contribution in [-0.2, 0) is 9.53 Å². The lowest BCUT2D eigenvalue weighted by Crippen LogP contribution is -2.33. The number of ether oxygens (including phenoxy) is 1. The van der Waals surface area contributed by atoms with Crippen molar-refractivity contribution < 1.29 is 19.0 Å². The summed E-state index contributed by atoms with van der Waals surface area (Å²) in [5, 5.41) is 9.18. The van der Waals surface area contributed by atoms with Crippen LogP contribution in [0.1, 0.15) is 11.8 Å². The van der Waals surface area contributed by atoms with Gasteiger partial charge in [-0.05, 0) is 0 Å². The van der Waals surface area contributed by atoms with Crippen LogP contribution in [0.3, 0.4) is 0 Å². The molecule has 18 heavy (non-hydrogen) atoms. The first-order valence-corrected chi connectivity index (χ1v) is 5.97. The van der Waals surface area contributed by atoms with Crippen LogP contribution in [-0.4, -0.2) is 41.3 Å². The number of fused-ring (bicyclic) bond motifs is 1. The van der Waals surface area contributed by atoms with Gasteiger partial charge in [-0.25, -0.2) is 4.39 Å². The molecular weight excluding hydrogens is 237 g/mol. The molecule has 5 heteroatoms. The Morgan fingerprint density at radius 1 is 1.39 bits per heavy atom. The van der Waals surface area contributed by atoms with Gasteiger partial charge < -0.3 is 14.7 Å². The molecule has 0 aliphatic carbocycles. The molecule has 0 radical (unpaired) electrons. The number of benzene rings is 1. The summed E-state index contributed by atoms with van der Waals surface area (Å²) in [6, 6.07) is 8.91. The maximum Gasteiger partial charge on any atom is 0.260 e. The number of carbonyl (C=O) groups is 1. The lowest BCUT2D eigenvalue weighted by molar-refractivity contribution is -0.138. The van der Waals surface area contributed by atoms with E-state index in [2.05, 4.69) is 0 Å². The summed E-state index contributed by atoms with van der Waals surface area (Å²) < 4.78 is 19.4. The molecule has 2 aliphatic rings. The summed E-state index contributed by atoms with van der Waals surface area (Å²) >= 11 is 0. The number of amides is 1. The van der Waals surface area contributed by atoms with Gasteiger partial charge in [0.15, 0.2) is 12.4 Å². The van der Waals surface area contributed by atoms with Gasteiger partial charge in [0.2, 0.25) is 0 Å². The Labute approximate surface area is 104 Å². The van der Waals surface area contributed by atoms with Crippen molar-refractivity contribution in [2.45, 2.75) is 18.4 Å². The Morgan fingerprint density at radius 3 is 2.78 bits per heavy atom. The van der Waals surface area contributed by atoms with E-state index in [1.54, 1.807) is 0 Å². The van der Waals surface area contributed by atoms with Crippen LogP contribution in [0.15, 0.2) is 30.3 Å². The van der Waals surface area contributed by atoms with Crippen LogP contribution in [0.4, 0.5) is 4.39 Å². The average molecular weight is 251 g/mol. The molecule has 2 saturated heterocycles. The minimum absolute atomic E-state index is 0.275. The van der Waals surface area contributed by atoms with Crippen molar-refractivity contribution in [2.75, 3.05) is 13.2 Å². The smallest absolute Gasteiger partial charge is 0.260 e. The third-order valence-electron chi connectivity index (χ3n) is 3.69. The SMILES string of the molecule is O=C1C(F)[C@H](CO)[C@H]2CO[C@H](c3ccccc3)N12. The third kappa shape index (κ3) is 1.54. The molecule has 2 fully saturated rings. The first kappa shape index (κ1) is 11.6. The number of hydrogen-bond donors (Lipinski definition) is 1. The molecule has 0 aromatic heterocycles. The van der Waals surface area contributed by atoms with Gasteiger partial charge >= 0.3 is 0 Å². The van der Waals surface area contributed by atoms with Crippen molar-refractivity contribution in [3.8, 4) is 0 Å². The lowest BCUT2D eigenvalue weighted by Gasteiger charge is -2.22. The third-order valence-corrected chi connectivity index (χ3v) is 3.69. The lowest BCUT2D eigenvalue weighted by atomic mass is 10.0. The first-order valence-electron chi connectivity index (χ1n) is 5.97. The monoisotopic (exact) mass is 251 g/mol. The zero-order chi connectivity index (χ0) is 12.7. The number of carbonyl (C=O) groups excluding carboxylic acids is 1. The Bertz CT molecular complexity index is 453. The highest BCUT2D eigenvalue weighted by Crippen LogP contribution is 2.41. The second-order valence-electron chi connectivity index (χ2n) is 4.66. The van der Waals surface area contributed by atoms with Crippen LogP contribution in [0.5, 0.6) is 0 Å². The maximum atomic E-state index is 13.8. The molecule has 4 nitrogen and oxygen atoms in total. The van der Waals surface area contributed by atoms with Crippen LogP contribution in [0.25, 0.3) is 0 Å². The number of aliphatic hydroxyl groups is 1. The summed E-state index contributed by atoms with van der Waals surface area (Å²) in [7, 11) is 0. The zero-order valence-electron chi connectivity index (χ0n) is 9.70. The summed E-state index contributed by atoms with van der Waals surface area (Å²) in [4.78, 5) is 13.3. The Hall–Kier alpha value is -1.46. The predicted molar refractivity (Wildman–Crippen MR) is 61.2 cm³/mol. The summed E-state index contributed by atoms with van der Waals surface area (Å²) in [6.45, 7) is -0.0596. The maximum absolute atomic E-state index is 13.8. The van der Waals surface area contributed by atoms with E-state index in [0.717, 1.165) is 5.56 Å². The summed E-state index contributed by atoms with van der Waals surface area (Å²) in [5.41, 5.74) is 0.833. The number of rotatable bonds is 2. The first-order chi connectivity index (χ1) is 8.74. The molecule has 1 aromatic carbocycles. The van der Waals surface area contributed by atoms with Crippen molar-refractivity contribution in [3.63, 3.8) is 0 Å². The van der Waals surface area contributed by atoms with E-state index in [1.807, 2.05) is 30.3 Å². The normalized spacial score (nSPS) is 35.0. The van der Waals surface area contributed by atoms with Gasteiger partial charge in [0.05, 0.1) is 19.3 Å². The van der Waals surface area contributed by atoms with Crippen molar-refractivity contribution >= 4 is 5.91 Å². The number of hydrogen-bond acceptors (Lipinski definition) is 3. The summed E-state index contributed by atoms with van der Waals surface area (Å²) in [5.74, 6) is -1.25. The van der Waals surface area contributed by atoms with Gasteiger partial charge in [0, 0.05) is 11.5 Å². The van der Waals surface area contributed by atoms with E-state index in [-0.39, 0.29) is 19.3 Å². The van der Waals surface area contributed by atoms with E-state index >= 15 is 0 Å². The fraction of sp³-hybridized carbons (Fsp3) is 0.462. The van der Waals surface area contributed by atoms with E-state index in [0.29, 0.717) is 0 Å². The van der Waals surface area contributed by atoms with Crippen LogP contribution in [0, 0.1) is 5.92 Å². The standard InChI is InChI=1S/C13H14FNO3/c14-11-9(6-16)10-7-18-13(15(10)12(11)17)8-4-2-1-3-5-8/h1-5,9-11,13,16H,6-7H2/t9-,10-,11?,13-/m1/s1. The van der Waals surface area contributed by atoms with E-state index in [4.69, 9.17) is 4.74 Å². The van der Waals surface area contributed by atoms with Gasteiger partial charge in [-0.3, -0.25) is 4.79 Å². The van der Waals surface area contributed by atoms with Gasteiger partial charge in [-0.2, -0.15) is 0 Å². The van der Waals surface area contributed by atoms with Crippen molar-refractivity contribution in [1.82, 2.24) is 4.90 Å². The highest BCUT2D eigenvalue weighted by molar-refractivity contribution is 5.84. The molecule has 2 heterocycles. The number of nitrogens with zero attached hydrogens (tertiary/aromatic N) is 1. The van der Waals surface area contributed by atoms with Gasteiger partial charge in [0.25, 0.3) is 5.91 Å². The van der Waals surface area contributed by atoms with E-state index < -0.39 is 24.2 Å². The van der Waals surface area contributed by atoms with Crippen LogP contribution >= 0.6 is 0 Å². The zero-order valence-corrected chi connectivity index (χ0v) is 9.70. The molecule has 1 unspecified atom stereocenters. The quantitative estimate of drug-likeness (QED) is 0.848. The van der Waals surface area contributed by atoms with Gasteiger partial charge in [-0.1, -0.05) is 30.3 Å². The van der Waals surface area contributed by atoms with Crippen molar-refractivity contribution in [2.24, 2.45) is 5.92 Å². The molecule has 1 amide bonds. The molecule has 1 N–H and O–H groups in total. The fourth-order valence-corrected chi connectivity index (χ4v) is 2.74. The molecule has 1 aromatic rings. The Morgan fingerprint density at radius 2 is 2.11 bits per heavy atom. The number of aliphatic hydroxyl groups excluding tert-OH is 1. The predicted octanol–water partition coefficient (Wildman–Crippen LogP) is 0.873. The van der Waals surface area contributed by atoms with Crippen LogP contribution < -0.4 is 0 Å². The molecule has 2 aliphatic heterocycles. The van der Waals surface area contributed by atoms with Gasteiger partial charge in [0.1, 0.15) is 0 Å². The molecular formula is C13H14FNO3. The number of alkyl halides is 1. The molecule has 3 rings (SSSR count). The average Bonchev–Trinajstić information content (AvgIpc) is 2.92. The minimum atomic E-state index is -1.62. The van der Waals surface area contributed by atoms with E-state index in [9.17, 15) is 14.3 Å². The summed E-state index contributed by atoms with van der Waals surface area (Å²) in [6.07, 6.45) is -2.14. The second kappa shape index (κ2) is 4.33. The van der Waals surface area contributed by atoms with Crippen molar-refractivity contribution in [1.29, 1.82) is 0 Å². The molecule has 96 valence electrons. The van der Waals surface area contributed by atoms with Gasteiger partial charge in [-0.15, -0.1) is 0 Å². The second-order valence-corrected chi connectivity index (χ2v) is 4.66. The molecule has 4 atom stereocenters. The molecule has 0 spiro atoms. The largest absolute Gasteiger partial charge is 0.396 e. The highest BCUT2D eigenvalue weighted by atomic mass is 19.1. The molecule has 0 saturated carbocycles. The molecule has 0 bridgehead atoms.